The highest BCUT2D eigenvalue weighted by molar-refractivity contribution is 7.88. The Labute approximate surface area is 238 Å². The molecular weight excluding hydrogens is 555 g/mol. The predicted octanol–water partition coefficient (Wildman–Crippen LogP) is 0.449. The van der Waals surface area contributed by atoms with Gasteiger partial charge in [0, 0.05) is 51.3 Å². The van der Waals surface area contributed by atoms with E-state index in [2.05, 4.69) is 20.6 Å². The quantitative estimate of drug-likeness (QED) is 0.234. The summed E-state index contributed by atoms with van der Waals surface area (Å²) in [6.45, 7) is 3.36. The number of piperidine rings is 2. The summed E-state index contributed by atoms with van der Waals surface area (Å²) in [5.41, 5.74) is 11.9. The Morgan fingerprint density at radius 2 is 1.85 bits per heavy atom. The number of carbonyl (C=O) groups is 2. The van der Waals surface area contributed by atoms with E-state index in [1.807, 2.05) is 0 Å². The monoisotopic (exact) mass is 592 g/mol. The number of nitrogens with two attached hydrogens (primary N) is 2. The molecule has 6 N–H and O–H groups in total. The van der Waals surface area contributed by atoms with Crippen molar-refractivity contribution in [1.82, 2.24) is 24.5 Å². The highest BCUT2D eigenvalue weighted by Gasteiger charge is 2.34. The number of methoxy groups -OCH3 is 1. The molecule has 2 aliphatic heterocycles. The molecule has 0 radical (unpaired) electrons. The number of rotatable bonds is 9. The summed E-state index contributed by atoms with van der Waals surface area (Å²) in [5, 5.41) is 6.33. The SMILES string of the molecule is COc1ccc(F)c(C)c1C(=O)c1cnc(NC2(N)CCN(C(=O)CNC3CCN(S(C)(=O)=O)CC3)CC2)nc1N. The van der Waals surface area contributed by atoms with Crippen LogP contribution in [0, 0.1) is 12.7 Å². The van der Waals surface area contributed by atoms with Crippen LogP contribution in [0.25, 0.3) is 0 Å². The molecule has 2 aromatic rings. The average molecular weight is 593 g/mol. The van der Waals surface area contributed by atoms with Crippen LogP contribution in [0.3, 0.4) is 0 Å². The number of amides is 1. The number of nitrogens with one attached hydrogen (secondary N) is 2. The van der Waals surface area contributed by atoms with E-state index >= 15 is 0 Å². The number of nitrogen functional groups attached to an aromatic ring is 1. The zero-order valence-electron chi connectivity index (χ0n) is 23.4. The maximum atomic E-state index is 14.2. The molecule has 13 nitrogen and oxygen atoms in total. The number of sulfonamides is 1. The molecule has 4 rings (SSSR count). The molecule has 0 unspecified atom stereocenters. The molecule has 3 heterocycles. The van der Waals surface area contributed by atoms with Crippen LogP contribution in [0.4, 0.5) is 16.2 Å². The lowest BCUT2D eigenvalue weighted by Gasteiger charge is -2.40. The highest BCUT2D eigenvalue weighted by atomic mass is 32.2. The van der Waals surface area contributed by atoms with Gasteiger partial charge in [0.25, 0.3) is 0 Å². The summed E-state index contributed by atoms with van der Waals surface area (Å²) < 4.78 is 44.2. The van der Waals surface area contributed by atoms with Gasteiger partial charge in [0.2, 0.25) is 27.7 Å². The predicted molar refractivity (Wildman–Crippen MR) is 151 cm³/mol. The Hall–Kier alpha value is -3.40. The molecule has 0 atom stereocenters. The second kappa shape index (κ2) is 12.2. The van der Waals surface area contributed by atoms with E-state index in [1.54, 1.807) is 4.90 Å². The number of anilines is 2. The first-order valence-corrected chi connectivity index (χ1v) is 15.2. The van der Waals surface area contributed by atoms with Gasteiger partial charge in [0.15, 0.2) is 0 Å². The minimum atomic E-state index is -3.19. The van der Waals surface area contributed by atoms with E-state index < -0.39 is 27.3 Å². The van der Waals surface area contributed by atoms with Crippen LogP contribution in [-0.4, -0.2) is 97.1 Å². The van der Waals surface area contributed by atoms with E-state index in [1.165, 1.54) is 42.9 Å². The third-order valence-corrected chi connectivity index (χ3v) is 9.01. The summed E-state index contributed by atoms with van der Waals surface area (Å²) in [6.07, 6.45) is 4.63. The fourth-order valence-electron chi connectivity index (χ4n) is 5.12. The molecule has 1 aromatic carbocycles. The van der Waals surface area contributed by atoms with Gasteiger partial charge in [-0.2, -0.15) is 4.98 Å². The third kappa shape index (κ3) is 7.09. The van der Waals surface area contributed by atoms with E-state index in [-0.39, 0.29) is 52.7 Å². The van der Waals surface area contributed by atoms with E-state index in [4.69, 9.17) is 16.2 Å². The number of hydrogen-bond donors (Lipinski definition) is 4. The van der Waals surface area contributed by atoms with Gasteiger partial charge in [-0.05, 0) is 37.5 Å². The number of likely N-dealkylation sites (tertiary alicyclic amines) is 1. The van der Waals surface area contributed by atoms with Crippen LogP contribution in [0.2, 0.25) is 0 Å². The molecule has 0 aliphatic carbocycles. The largest absolute Gasteiger partial charge is 0.496 e. The van der Waals surface area contributed by atoms with Gasteiger partial charge >= 0.3 is 0 Å². The minimum absolute atomic E-state index is 0.00327. The van der Waals surface area contributed by atoms with Crippen molar-refractivity contribution < 1.29 is 27.1 Å². The molecule has 15 heteroatoms. The Kier molecular flexibility index (Phi) is 9.11. The van der Waals surface area contributed by atoms with Crippen molar-refractivity contribution in [2.75, 3.05) is 57.1 Å². The fourth-order valence-corrected chi connectivity index (χ4v) is 5.99. The summed E-state index contributed by atoms with van der Waals surface area (Å²) >= 11 is 0. The van der Waals surface area contributed by atoms with Crippen LogP contribution in [0.15, 0.2) is 18.3 Å². The smallest absolute Gasteiger partial charge is 0.236 e. The summed E-state index contributed by atoms with van der Waals surface area (Å²) in [5.74, 6) is -0.914. The molecule has 2 fully saturated rings. The molecule has 224 valence electrons. The lowest BCUT2D eigenvalue weighted by Crippen LogP contribution is -2.57. The zero-order valence-corrected chi connectivity index (χ0v) is 24.3. The van der Waals surface area contributed by atoms with Crippen LogP contribution >= 0.6 is 0 Å². The lowest BCUT2D eigenvalue weighted by molar-refractivity contribution is -0.131. The number of halogens is 1. The number of benzene rings is 1. The molecule has 2 aliphatic rings. The standard InChI is InChI=1S/C26H37FN8O5S/c1-16-19(27)4-5-20(40-2)22(16)23(37)18-14-31-25(32-24(18)28)33-26(29)8-12-34(13-9-26)21(36)15-30-17-6-10-35(11-7-17)41(3,38)39/h4-5,14,17,30H,6-13,15,29H2,1-3H3,(H3,28,31,32,33). The number of ketones is 1. The molecule has 1 aromatic heterocycles. The third-order valence-electron chi connectivity index (χ3n) is 7.70. The van der Waals surface area contributed by atoms with Crippen LogP contribution < -0.4 is 26.8 Å². The number of nitrogens with zero attached hydrogens (tertiary/aromatic N) is 4. The number of ether oxygens (including phenoxy) is 1. The second-order valence-corrected chi connectivity index (χ2v) is 12.5. The van der Waals surface area contributed by atoms with Crippen molar-refractivity contribution in [2.45, 2.75) is 44.3 Å². The van der Waals surface area contributed by atoms with Crippen molar-refractivity contribution in [2.24, 2.45) is 5.73 Å². The Balaban J connectivity index is 1.31. The van der Waals surface area contributed by atoms with Crippen molar-refractivity contribution in [3.8, 4) is 5.75 Å². The van der Waals surface area contributed by atoms with Crippen molar-refractivity contribution in [1.29, 1.82) is 0 Å². The molecule has 0 saturated carbocycles. The van der Waals surface area contributed by atoms with Gasteiger partial charge in [-0.25, -0.2) is 22.1 Å². The summed E-state index contributed by atoms with van der Waals surface area (Å²) in [7, 11) is -1.80. The normalized spacial score (nSPS) is 18.2. The van der Waals surface area contributed by atoms with Gasteiger partial charge in [0.05, 0.1) is 36.7 Å². The lowest BCUT2D eigenvalue weighted by atomic mass is 9.97. The second-order valence-electron chi connectivity index (χ2n) is 10.6. The maximum absolute atomic E-state index is 14.2. The zero-order chi connectivity index (χ0) is 29.9. The topological polar surface area (TPSA) is 186 Å². The van der Waals surface area contributed by atoms with E-state index in [0.717, 1.165) is 0 Å². The van der Waals surface area contributed by atoms with Crippen molar-refractivity contribution >= 4 is 33.5 Å². The maximum Gasteiger partial charge on any atom is 0.236 e. The molecular formula is C26H37FN8O5S. The Bertz CT molecular complexity index is 1410. The molecule has 0 spiro atoms. The molecule has 1 amide bonds. The number of aromatic nitrogens is 2. The van der Waals surface area contributed by atoms with Gasteiger partial charge in [0.1, 0.15) is 17.4 Å². The summed E-state index contributed by atoms with van der Waals surface area (Å²) in [4.78, 5) is 36.1. The summed E-state index contributed by atoms with van der Waals surface area (Å²) in [6, 6.07) is 2.68. The Morgan fingerprint density at radius 1 is 1.20 bits per heavy atom. The number of carbonyl (C=O) groups excluding carboxylic acids is 2. The first-order valence-electron chi connectivity index (χ1n) is 13.3. The first-order chi connectivity index (χ1) is 19.3. The molecule has 41 heavy (non-hydrogen) atoms. The highest BCUT2D eigenvalue weighted by Crippen LogP contribution is 2.29. The van der Waals surface area contributed by atoms with Crippen LogP contribution in [0.5, 0.6) is 5.75 Å². The van der Waals surface area contributed by atoms with Crippen molar-refractivity contribution in [3.63, 3.8) is 0 Å². The van der Waals surface area contributed by atoms with Crippen LogP contribution in [-0.2, 0) is 14.8 Å². The Morgan fingerprint density at radius 3 is 2.44 bits per heavy atom. The van der Waals surface area contributed by atoms with Crippen LogP contribution in [0.1, 0.15) is 47.2 Å². The van der Waals surface area contributed by atoms with Gasteiger partial charge < -0.3 is 31.7 Å². The van der Waals surface area contributed by atoms with E-state index in [0.29, 0.717) is 51.9 Å². The van der Waals surface area contributed by atoms with Gasteiger partial charge in [-0.3, -0.25) is 9.59 Å². The fraction of sp³-hybridized carbons (Fsp3) is 0.538. The molecule has 0 bridgehead atoms. The van der Waals surface area contributed by atoms with Gasteiger partial charge in [-0.1, -0.05) is 0 Å². The first kappa shape index (κ1) is 30.6. The minimum Gasteiger partial charge on any atom is -0.496 e. The van der Waals surface area contributed by atoms with Crippen molar-refractivity contribution in [3.05, 3.63) is 40.8 Å². The number of hydrogen-bond acceptors (Lipinski definition) is 11. The molecule has 2 saturated heterocycles. The average Bonchev–Trinajstić information content (AvgIpc) is 2.93. The van der Waals surface area contributed by atoms with E-state index in [9.17, 15) is 22.4 Å². The van der Waals surface area contributed by atoms with Gasteiger partial charge in [-0.15, -0.1) is 0 Å².